The molecule has 0 unspecified atom stereocenters. The molecule has 8 heteroatoms. The highest BCUT2D eigenvalue weighted by Crippen LogP contribution is 2.32. The van der Waals surface area contributed by atoms with Crippen LogP contribution in [0.1, 0.15) is 30.5 Å². The third-order valence-corrected chi connectivity index (χ3v) is 6.58. The number of hydrogen-bond acceptors (Lipinski definition) is 4. The lowest BCUT2D eigenvalue weighted by molar-refractivity contribution is 0.502. The number of nitrogens with zero attached hydrogens (tertiary/aromatic N) is 4. The number of para-hydroxylation sites is 1. The predicted molar refractivity (Wildman–Crippen MR) is 116 cm³/mol. The van der Waals surface area contributed by atoms with Gasteiger partial charge in [0.25, 0.3) is 5.56 Å². The fourth-order valence-electron chi connectivity index (χ4n) is 4.01. The van der Waals surface area contributed by atoms with Gasteiger partial charge < -0.3 is 4.57 Å². The first-order valence-electron chi connectivity index (χ1n) is 10.3. The summed E-state index contributed by atoms with van der Waals surface area (Å²) in [5.74, 6) is -1.05. The number of aromatic nitrogens is 4. The van der Waals surface area contributed by atoms with Gasteiger partial charge in [0.15, 0.2) is 22.6 Å². The summed E-state index contributed by atoms with van der Waals surface area (Å²) in [7, 11) is 0. The molecule has 2 aromatic carbocycles. The van der Waals surface area contributed by atoms with Gasteiger partial charge in [0.2, 0.25) is 0 Å². The van der Waals surface area contributed by atoms with Crippen LogP contribution in [0.25, 0.3) is 17.1 Å². The van der Waals surface area contributed by atoms with E-state index < -0.39 is 11.6 Å². The Balaban J connectivity index is 1.62. The second kappa shape index (κ2) is 8.26. The molecule has 2 aromatic rings. The van der Waals surface area contributed by atoms with Crippen LogP contribution < -0.4 is 5.56 Å². The fourth-order valence-corrected chi connectivity index (χ4v) is 5.03. The van der Waals surface area contributed by atoms with Crippen molar-refractivity contribution in [1.29, 1.82) is 0 Å². The van der Waals surface area contributed by atoms with Crippen LogP contribution >= 0.6 is 11.8 Å². The maximum absolute atomic E-state index is 14.1. The van der Waals surface area contributed by atoms with Crippen molar-refractivity contribution < 1.29 is 8.78 Å². The molecule has 3 aliphatic rings. The largest absolute Gasteiger partial charge is 0.324 e. The summed E-state index contributed by atoms with van der Waals surface area (Å²) in [6.45, 7) is 0.738. The van der Waals surface area contributed by atoms with E-state index in [0.717, 1.165) is 44.0 Å². The minimum absolute atomic E-state index is 0.174. The van der Waals surface area contributed by atoms with Crippen LogP contribution in [0.15, 0.2) is 58.5 Å². The molecule has 31 heavy (non-hydrogen) atoms. The van der Waals surface area contributed by atoms with Crippen molar-refractivity contribution in [2.75, 3.05) is 0 Å². The van der Waals surface area contributed by atoms with Crippen molar-refractivity contribution in [2.45, 2.75) is 43.1 Å². The van der Waals surface area contributed by atoms with Gasteiger partial charge >= 0.3 is 0 Å². The highest BCUT2D eigenvalue weighted by atomic mass is 32.2. The summed E-state index contributed by atoms with van der Waals surface area (Å²) in [5, 5.41) is 5.17. The Kier molecular flexibility index (Phi) is 5.31. The Morgan fingerprint density at radius 2 is 1.84 bits per heavy atom. The third-order valence-electron chi connectivity index (χ3n) is 5.56. The molecular weight excluding hydrogens is 418 g/mol. The molecule has 0 saturated heterocycles. The number of rotatable bonds is 4. The lowest BCUT2D eigenvalue weighted by Gasteiger charge is -2.17. The first-order chi connectivity index (χ1) is 15.1. The molecule has 158 valence electrons. The van der Waals surface area contributed by atoms with Gasteiger partial charge in [-0.25, -0.2) is 13.8 Å². The van der Waals surface area contributed by atoms with Crippen molar-refractivity contribution in [1.82, 2.24) is 19.3 Å². The van der Waals surface area contributed by atoms with Crippen molar-refractivity contribution in [3.8, 4) is 17.1 Å². The number of fused-ring (bicyclic) bond motifs is 3. The van der Waals surface area contributed by atoms with E-state index in [4.69, 9.17) is 0 Å². The number of thioether (sulfide) groups is 1. The average Bonchev–Trinajstić information content (AvgIpc) is 2.95. The molecule has 0 radical (unpaired) electrons. The normalized spacial score (nSPS) is 13.9. The summed E-state index contributed by atoms with van der Waals surface area (Å²) in [6, 6.07) is 13.5. The summed E-state index contributed by atoms with van der Waals surface area (Å²) in [5.41, 5.74) is 2.28. The van der Waals surface area contributed by atoms with E-state index >= 15 is 0 Å². The molecule has 0 spiro atoms. The van der Waals surface area contributed by atoms with Gasteiger partial charge in [0.1, 0.15) is 5.56 Å². The van der Waals surface area contributed by atoms with Gasteiger partial charge in [-0.3, -0.25) is 4.79 Å². The Hall–Kier alpha value is -3.00. The average molecular weight is 439 g/mol. The molecule has 5 nitrogen and oxygen atoms in total. The molecular formula is C23H20F2N4OS. The molecule has 0 fully saturated rings. The Morgan fingerprint density at radius 1 is 1.00 bits per heavy atom. The fraction of sp³-hybridized carbons (Fsp3) is 0.261. The maximum atomic E-state index is 14.1. The smallest absolute Gasteiger partial charge is 0.284 e. The lowest BCUT2D eigenvalue weighted by Crippen LogP contribution is -2.19. The second-order valence-corrected chi connectivity index (χ2v) is 8.50. The van der Waals surface area contributed by atoms with Gasteiger partial charge in [0, 0.05) is 23.6 Å². The van der Waals surface area contributed by atoms with E-state index in [0.29, 0.717) is 22.2 Å². The summed E-state index contributed by atoms with van der Waals surface area (Å²) >= 11 is 1.34. The van der Waals surface area contributed by atoms with E-state index in [1.165, 1.54) is 22.5 Å². The van der Waals surface area contributed by atoms with Gasteiger partial charge in [0.05, 0.1) is 5.69 Å². The standard InChI is InChI=1S/C23H20F2N4OS/c24-17-11-7-8-15(20(17)25)14-31-23-26-21-19(18-12-5-2-6-13-28(18)23)22(30)29(27-21)16-9-3-1-4-10-16/h1,3-4,7-11H,2,5-6,12-14H2. The van der Waals surface area contributed by atoms with E-state index in [-0.39, 0.29) is 16.9 Å². The third kappa shape index (κ3) is 3.65. The van der Waals surface area contributed by atoms with Crippen molar-refractivity contribution in [2.24, 2.45) is 0 Å². The molecule has 0 aromatic heterocycles. The quantitative estimate of drug-likeness (QED) is 0.338. The van der Waals surface area contributed by atoms with Gasteiger partial charge in [-0.05, 0) is 37.5 Å². The molecule has 0 amide bonds. The lowest BCUT2D eigenvalue weighted by atomic mass is 10.1. The predicted octanol–water partition coefficient (Wildman–Crippen LogP) is 4.83. The van der Waals surface area contributed by atoms with Crippen LogP contribution in [0.5, 0.6) is 0 Å². The molecule has 0 saturated carbocycles. The molecule has 0 bridgehead atoms. The van der Waals surface area contributed by atoms with Crippen molar-refractivity contribution in [3.05, 3.63) is 81.8 Å². The molecule has 0 aliphatic carbocycles. The van der Waals surface area contributed by atoms with Crippen molar-refractivity contribution >= 4 is 11.8 Å². The molecule has 0 N–H and O–H groups in total. The van der Waals surface area contributed by atoms with Crippen LogP contribution in [-0.4, -0.2) is 19.3 Å². The Labute approximate surface area is 182 Å². The van der Waals surface area contributed by atoms with Gasteiger partial charge in [-0.15, -0.1) is 5.10 Å². The number of benzene rings is 2. The molecule has 5 rings (SSSR count). The summed E-state index contributed by atoms with van der Waals surface area (Å²) < 4.78 is 31.2. The topological polar surface area (TPSA) is 52.7 Å². The Bertz CT molecular complexity index is 1270. The van der Waals surface area contributed by atoms with Crippen LogP contribution in [0, 0.1) is 11.6 Å². The SMILES string of the molecule is O=c1c2c3n(c(SCc4cccc(F)c4F)nc-2nn1-c1ccccc1)CCCCC3. The van der Waals surface area contributed by atoms with Crippen molar-refractivity contribution in [3.63, 3.8) is 0 Å². The minimum atomic E-state index is -0.856. The van der Waals surface area contributed by atoms with E-state index in [1.807, 2.05) is 30.3 Å². The van der Waals surface area contributed by atoms with Crippen LogP contribution in [0.2, 0.25) is 0 Å². The van der Waals surface area contributed by atoms with Crippen LogP contribution in [0.3, 0.4) is 0 Å². The first-order valence-corrected chi connectivity index (χ1v) is 11.3. The highest BCUT2D eigenvalue weighted by molar-refractivity contribution is 7.98. The number of halogens is 2. The maximum Gasteiger partial charge on any atom is 0.284 e. The zero-order valence-electron chi connectivity index (χ0n) is 16.7. The van der Waals surface area contributed by atoms with E-state index in [1.54, 1.807) is 6.07 Å². The van der Waals surface area contributed by atoms with E-state index in [9.17, 15) is 13.6 Å². The minimum Gasteiger partial charge on any atom is -0.324 e. The molecule has 3 heterocycles. The van der Waals surface area contributed by atoms with Crippen LogP contribution in [-0.2, 0) is 18.7 Å². The van der Waals surface area contributed by atoms with Gasteiger partial charge in [-0.1, -0.05) is 48.5 Å². The second-order valence-electron chi connectivity index (χ2n) is 7.56. The van der Waals surface area contributed by atoms with Gasteiger partial charge in [-0.2, -0.15) is 4.68 Å². The first kappa shape index (κ1) is 19.9. The Morgan fingerprint density at radius 3 is 2.68 bits per heavy atom. The zero-order valence-corrected chi connectivity index (χ0v) is 17.5. The zero-order chi connectivity index (χ0) is 21.4. The van der Waals surface area contributed by atoms with Crippen LogP contribution in [0.4, 0.5) is 8.78 Å². The number of hydrogen-bond donors (Lipinski definition) is 0. The summed E-state index contributed by atoms with van der Waals surface area (Å²) in [6.07, 6.45) is 3.79. The molecule has 0 atom stereocenters. The summed E-state index contributed by atoms with van der Waals surface area (Å²) in [4.78, 5) is 17.9. The van der Waals surface area contributed by atoms with E-state index in [2.05, 4.69) is 14.6 Å². The molecule has 3 aliphatic heterocycles. The highest BCUT2D eigenvalue weighted by Gasteiger charge is 2.27. The monoisotopic (exact) mass is 438 g/mol.